The number of hydrogen-bond donors (Lipinski definition) is 0. The largest absolute Gasteiger partial charge is 0.490 e. The van der Waals surface area contributed by atoms with Crippen molar-refractivity contribution in [3.8, 4) is 11.5 Å². The van der Waals surface area contributed by atoms with Crippen molar-refractivity contribution in [1.29, 1.82) is 0 Å². The van der Waals surface area contributed by atoms with Crippen molar-refractivity contribution in [1.82, 2.24) is 10.2 Å². The molecule has 0 aliphatic carbocycles. The summed E-state index contributed by atoms with van der Waals surface area (Å²) in [6.45, 7) is 8.99. The molecule has 0 saturated heterocycles. The molecule has 5 rings (SSSR count). The smallest absolute Gasteiger partial charge is 0.297 e. The normalized spacial score (nSPS) is 14.8. The van der Waals surface area contributed by atoms with Gasteiger partial charge in [0.2, 0.25) is 10.9 Å². The number of anilines is 1. The van der Waals surface area contributed by atoms with Crippen molar-refractivity contribution in [2.24, 2.45) is 0 Å². The van der Waals surface area contributed by atoms with E-state index in [1.807, 2.05) is 45.0 Å². The number of ether oxygens (including phenoxy) is 2. The Labute approximate surface area is 225 Å². The van der Waals surface area contributed by atoms with E-state index >= 15 is 0 Å². The quantitative estimate of drug-likeness (QED) is 0.223. The number of aryl methyl sites for hydroxylation is 2. The monoisotopic (exact) mass is 533 g/mol. The highest BCUT2D eigenvalue weighted by atomic mass is 32.1. The Morgan fingerprint density at radius 2 is 1.84 bits per heavy atom. The first-order valence-electron chi connectivity index (χ1n) is 13.1. The molecule has 198 valence electrons. The maximum Gasteiger partial charge on any atom is 0.297 e. The van der Waals surface area contributed by atoms with E-state index in [0.29, 0.717) is 58.4 Å². The molecule has 4 aromatic rings. The lowest BCUT2D eigenvalue weighted by atomic mass is 9.98. The lowest BCUT2D eigenvalue weighted by Crippen LogP contribution is -2.29. The number of hydrogen-bond acceptors (Lipinski definition) is 8. The van der Waals surface area contributed by atoms with Crippen LogP contribution >= 0.6 is 11.3 Å². The van der Waals surface area contributed by atoms with Gasteiger partial charge in [0, 0.05) is 0 Å². The van der Waals surface area contributed by atoms with Gasteiger partial charge < -0.3 is 13.9 Å². The zero-order valence-electron chi connectivity index (χ0n) is 22.1. The summed E-state index contributed by atoms with van der Waals surface area (Å²) < 4.78 is 18.0. The van der Waals surface area contributed by atoms with Gasteiger partial charge >= 0.3 is 0 Å². The van der Waals surface area contributed by atoms with E-state index in [0.717, 1.165) is 29.8 Å². The van der Waals surface area contributed by atoms with Crippen molar-refractivity contribution in [2.75, 3.05) is 18.1 Å². The highest BCUT2D eigenvalue weighted by Gasteiger charge is 2.45. The second-order valence-electron chi connectivity index (χ2n) is 9.28. The van der Waals surface area contributed by atoms with Crippen molar-refractivity contribution >= 4 is 33.3 Å². The van der Waals surface area contributed by atoms with Gasteiger partial charge in [-0.05, 0) is 56.5 Å². The van der Waals surface area contributed by atoms with Gasteiger partial charge in [-0.1, -0.05) is 55.7 Å². The van der Waals surface area contributed by atoms with E-state index < -0.39 is 11.9 Å². The van der Waals surface area contributed by atoms with E-state index in [9.17, 15) is 9.59 Å². The number of aromatic nitrogens is 2. The predicted octanol–water partition coefficient (Wildman–Crippen LogP) is 6.23. The minimum atomic E-state index is -0.746. The third-order valence-corrected chi connectivity index (χ3v) is 7.65. The van der Waals surface area contributed by atoms with Gasteiger partial charge in [-0.2, -0.15) is 0 Å². The summed E-state index contributed by atoms with van der Waals surface area (Å²) in [7, 11) is 0. The fourth-order valence-electron chi connectivity index (χ4n) is 4.70. The van der Waals surface area contributed by atoms with Crippen LogP contribution in [0.1, 0.15) is 78.3 Å². The average Bonchev–Trinajstić information content (AvgIpc) is 3.50. The maximum absolute atomic E-state index is 13.9. The Balaban J connectivity index is 1.67. The Morgan fingerprint density at radius 3 is 2.58 bits per heavy atom. The number of carbonyl (C=O) groups excluding carboxylic acids is 1. The second-order valence-corrected chi connectivity index (χ2v) is 10.3. The lowest BCUT2D eigenvalue weighted by molar-refractivity contribution is 0.0970. The van der Waals surface area contributed by atoms with Crippen LogP contribution in [0, 0.1) is 6.92 Å². The molecule has 3 heterocycles. The van der Waals surface area contributed by atoms with E-state index in [2.05, 4.69) is 17.1 Å². The summed E-state index contributed by atoms with van der Waals surface area (Å²) in [6.07, 6.45) is 3.83. The number of unbranched alkanes of at least 4 members (excludes halogenated alkanes) is 2. The topological polar surface area (TPSA) is 94.8 Å². The molecular weight excluding hydrogens is 502 g/mol. The van der Waals surface area contributed by atoms with Gasteiger partial charge in [0.05, 0.1) is 30.2 Å². The van der Waals surface area contributed by atoms with Crippen LogP contribution in [0.5, 0.6) is 11.5 Å². The molecule has 0 fully saturated rings. The summed E-state index contributed by atoms with van der Waals surface area (Å²) in [5, 5.41) is 10.2. The van der Waals surface area contributed by atoms with Crippen molar-refractivity contribution in [3.05, 3.63) is 74.1 Å². The second kappa shape index (κ2) is 10.9. The van der Waals surface area contributed by atoms with Crippen molar-refractivity contribution < 1.29 is 18.7 Å². The van der Waals surface area contributed by atoms with Crippen LogP contribution in [0.25, 0.3) is 11.0 Å². The highest BCUT2D eigenvalue weighted by molar-refractivity contribution is 7.15. The third-order valence-electron chi connectivity index (χ3n) is 6.58. The Kier molecular flexibility index (Phi) is 7.46. The fourth-order valence-corrected chi connectivity index (χ4v) is 5.51. The maximum atomic E-state index is 13.9. The Hall–Kier alpha value is -3.72. The lowest BCUT2D eigenvalue weighted by Gasteiger charge is -2.23. The van der Waals surface area contributed by atoms with E-state index in [1.54, 1.807) is 12.1 Å². The molecule has 1 unspecified atom stereocenters. The van der Waals surface area contributed by atoms with E-state index in [4.69, 9.17) is 13.9 Å². The van der Waals surface area contributed by atoms with Gasteiger partial charge in [0.25, 0.3) is 5.91 Å². The standard InChI is InChI=1S/C29H31N3O5S/c1-5-8-9-14-36-21-13-11-18(16-22(21)35-7-3)25-24-26(33)19-15-17(4)10-12-20(19)37-27(24)28(34)32(25)29-31-30-23(6-2)38-29/h10-13,15-16,25H,5-9,14H2,1-4H3. The summed E-state index contributed by atoms with van der Waals surface area (Å²) >= 11 is 1.33. The fraction of sp³-hybridized carbons (Fsp3) is 0.379. The number of rotatable bonds is 10. The molecular formula is C29H31N3O5S. The zero-order chi connectivity index (χ0) is 26.8. The van der Waals surface area contributed by atoms with Crippen LogP contribution in [-0.2, 0) is 6.42 Å². The van der Waals surface area contributed by atoms with Crippen molar-refractivity contribution in [3.63, 3.8) is 0 Å². The van der Waals surface area contributed by atoms with Gasteiger partial charge in [-0.15, -0.1) is 10.2 Å². The summed E-state index contributed by atoms with van der Waals surface area (Å²) in [5.74, 6) is 0.812. The molecule has 1 aliphatic heterocycles. The summed E-state index contributed by atoms with van der Waals surface area (Å²) in [4.78, 5) is 29.2. The third kappa shape index (κ3) is 4.67. The molecule has 9 heteroatoms. The van der Waals surface area contributed by atoms with Crippen molar-refractivity contribution in [2.45, 2.75) is 59.4 Å². The van der Waals surface area contributed by atoms with Crippen LogP contribution in [0.4, 0.5) is 5.13 Å². The molecule has 0 spiro atoms. The highest BCUT2D eigenvalue weighted by Crippen LogP contribution is 2.44. The number of fused-ring (bicyclic) bond motifs is 2. The van der Waals surface area contributed by atoms with Crippen LogP contribution in [0.2, 0.25) is 0 Å². The van der Waals surface area contributed by atoms with Gasteiger partial charge in [-0.25, -0.2) is 0 Å². The minimum absolute atomic E-state index is 0.0300. The van der Waals surface area contributed by atoms with Crippen LogP contribution in [0.15, 0.2) is 45.6 Å². The predicted molar refractivity (Wildman–Crippen MR) is 148 cm³/mol. The Morgan fingerprint density at radius 1 is 1.00 bits per heavy atom. The molecule has 0 saturated carbocycles. The Bertz CT molecular complexity index is 1540. The molecule has 0 radical (unpaired) electrons. The molecule has 1 amide bonds. The first-order valence-corrected chi connectivity index (χ1v) is 13.9. The zero-order valence-corrected chi connectivity index (χ0v) is 22.9. The number of amides is 1. The number of nitrogens with zero attached hydrogens (tertiary/aromatic N) is 3. The van der Waals surface area contributed by atoms with Gasteiger partial charge in [-0.3, -0.25) is 14.5 Å². The van der Waals surface area contributed by atoms with E-state index in [1.165, 1.54) is 16.2 Å². The molecule has 38 heavy (non-hydrogen) atoms. The first kappa shape index (κ1) is 25.9. The van der Waals surface area contributed by atoms with Crippen LogP contribution < -0.4 is 19.8 Å². The van der Waals surface area contributed by atoms with Crippen LogP contribution in [-0.4, -0.2) is 29.3 Å². The van der Waals surface area contributed by atoms with Crippen LogP contribution in [0.3, 0.4) is 0 Å². The number of benzene rings is 2. The average molecular weight is 534 g/mol. The minimum Gasteiger partial charge on any atom is -0.490 e. The molecule has 2 aromatic carbocycles. The number of carbonyl (C=O) groups is 1. The molecule has 0 bridgehead atoms. The van der Waals surface area contributed by atoms with E-state index in [-0.39, 0.29) is 11.2 Å². The first-order chi connectivity index (χ1) is 18.5. The van der Waals surface area contributed by atoms with Gasteiger partial charge in [0.1, 0.15) is 10.6 Å². The summed E-state index contributed by atoms with van der Waals surface area (Å²) in [5.41, 5.74) is 2.08. The molecule has 1 atom stereocenters. The molecule has 0 N–H and O–H groups in total. The SMILES string of the molecule is CCCCCOc1ccc(C2c3c(oc4ccc(C)cc4c3=O)C(=O)N2c2nnc(CC)s2)cc1OCC. The molecule has 2 aromatic heterocycles. The molecule has 8 nitrogen and oxygen atoms in total. The molecule has 1 aliphatic rings. The van der Waals surface area contributed by atoms with Gasteiger partial charge in [0.15, 0.2) is 16.9 Å². The summed E-state index contributed by atoms with van der Waals surface area (Å²) in [6, 6.07) is 10.2.